The molecule has 0 unspecified atom stereocenters. The van der Waals surface area contributed by atoms with E-state index in [1.165, 1.54) is 42.8 Å². The molecule has 3 rings (SSSR count). The molecular formula is C20H31N3OS. The van der Waals surface area contributed by atoms with E-state index in [4.69, 9.17) is 0 Å². The van der Waals surface area contributed by atoms with Crippen molar-refractivity contribution in [3.05, 3.63) is 28.8 Å². The monoisotopic (exact) mass is 361 g/mol. The maximum atomic E-state index is 12.5. The second-order valence-corrected chi connectivity index (χ2v) is 8.84. The number of thioether (sulfide) groups is 1. The van der Waals surface area contributed by atoms with E-state index in [0.717, 1.165) is 36.4 Å². The van der Waals surface area contributed by atoms with Crippen LogP contribution < -0.4 is 10.6 Å². The van der Waals surface area contributed by atoms with Crippen LogP contribution in [0.1, 0.15) is 42.4 Å². The second kappa shape index (κ2) is 8.00. The van der Waals surface area contributed by atoms with Gasteiger partial charge >= 0.3 is 6.03 Å². The first-order valence-electron chi connectivity index (χ1n) is 9.46. The Hall–Kier alpha value is -1.20. The average Bonchev–Trinajstić information content (AvgIpc) is 3.07. The van der Waals surface area contributed by atoms with Crippen LogP contribution in [-0.2, 0) is 0 Å². The standard InChI is InChI=1S/C20H31N3OS/c1-15-12-16(2)18(17(3)13-15)22-19(24)21-14-20(6-4-5-7-20)23-8-10-25-11-9-23/h12-13H,4-11,14H2,1-3H3,(H2,21,22,24). The van der Waals surface area contributed by atoms with E-state index >= 15 is 0 Å². The number of nitrogens with one attached hydrogen (secondary N) is 2. The van der Waals surface area contributed by atoms with E-state index in [0.29, 0.717) is 0 Å². The number of urea groups is 1. The highest BCUT2D eigenvalue weighted by Gasteiger charge is 2.40. The molecular weight excluding hydrogens is 330 g/mol. The van der Waals surface area contributed by atoms with E-state index in [1.54, 1.807) is 0 Å². The first kappa shape index (κ1) is 18.6. The van der Waals surface area contributed by atoms with E-state index in [-0.39, 0.29) is 11.6 Å². The van der Waals surface area contributed by atoms with Crippen LogP contribution in [0.4, 0.5) is 10.5 Å². The molecule has 2 aliphatic rings. The molecule has 1 saturated heterocycles. The molecule has 1 aliphatic carbocycles. The lowest BCUT2D eigenvalue weighted by atomic mass is 9.94. The van der Waals surface area contributed by atoms with Crippen molar-refractivity contribution in [1.82, 2.24) is 10.2 Å². The van der Waals surface area contributed by atoms with Gasteiger partial charge < -0.3 is 10.6 Å². The van der Waals surface area contributed by atoms with Gasteiger partial charge in [0.15, 0.2) is 0 Å². The van der Waals surface area contributed by atoms with Crippen molar-refractivity contribution in [2.45, 2.75) is 52.0 Å². The largest absolute Gasteiger partial charge is 0.336 e. The van der Waals surface area contributed by atoms with E-state index in [9.17, 15) is 4.79 Å². The molecule has 1 heterocycles. The van der Waals surface area contributed by atoms with Gasteiger partial charge in [-0.2, -0.15) is 11.8 Å². The number of benzene rings is 1. The maximum absolute atomic E-state index is 12.5. The first-order valence-corrected chi connectivity index (χ1v) is 10.6. The van der Waals surface area contributed by atoms with Crippen molar-refractivity contribution in [3.8, 4) is 0 Å². The van der Waals surface area contributed by atoms with Crippen LogP contribution in [0.15, 0.2) is 12.1 Å². The van der Waals surface area contributed by atoms with Gasteiger partial charge in [-0.05, 0) is 44.7 Å². The van der Waals surface area contributed by atoms with Crippen LogP contribution in [0, 0.1) is 20.8 Å². The highest BCUT2D eigenvalue weighted by Crippen LogP contribution is 2.36. The van der Waals surface area contributed by atoms with Gasteiger partial charge in [0, 0.05) is 42.4 Å². The summed E-state index contributed by atoms with van der Waals surface area (Å²) in [5, 5.41) is 6.26. The molecule has 2 amide bonds. The van der Waals surface area contributed by atoms with Crippen LogP contribution in [0.5, 0.6) is 0 Å². The zero-order valence-electron chi connectivity index (χ0n) is 15.8. The molecule has 1 aliphatic heterocycles. The molecule has 1 saturated carbocycles. The minimum absolute atomic E-state index is 0.0762. The Bertz CT molecular complexity index is 596. The van der Waals surface area contributed by atoms with Gasteiger partial charge in [-0.3, -0.25) is 4.90 Å². The number of hydrogen-bond acceptors (Lipinski definition) is 3. The molecule has 2 fully saturated rings. The van der Waals surface area contributed by atoms with Crippen LogP contribution in [0.2, 0.25) is 0 Å². The smallest absolute Gasteiger partial charge is 0.319 e. The molecule has 138 valence electrons. The average molecular weight is 362 g/mol. The van der Waals surface area contributed by atoms with Gasteiger partial charge in [0.25, 0.3) is 0 Å². The predicted molar refractivity (Wildman–Crippen MR) is 108 cm³/mol. The molecule has 5 heteroatoms. The topological polar surface area (TPSA) is 44.4 Å². The summed E-state index contributed by atoms with van der Waals surface area (Å²) in [6.07, 6.45) is 4.98. The minimum Gasteiger partial charge on any atom is -0.336 e. The van der Waals surface area contributed by atoms with Crippen LogP contribution >= 0.6 is 11.8 Å². The predicted octanol–water partition coefficient (Wildman–Crippen LogP) is 4.09. The normalized spacial score (nSPS) is 20.4. The molecule has 0 atom stereocenters. The quantitative estimate of drug-likeness (QED) is 0.849. The summed E-state index contributed by atoms with van der Waals surface area (Å²) < 4.78 is 0. The Labute approximate surface area is 156 Å². The highest BCUT2D eigenvalue weighted by molar-refractivity contribution is 7.99. The van der Waals surface area contributed by atoms with Crippen molar-refractivity contribution in [2.75, 3.05) is 36.5 Å². The Morgan fingerprint density at radius 1 is 1.12 bits per heavy atom. The van der Waals surface area contributed by atoms with Crippen molar-refractivity contribution < 1.29 is 4.79 Å². The highest BCUT2D eigenvalue weighted by atomic mass is 32.2. The lowest BCUT2D eigenvalue weighted by Crippen LogP contribution is -2.56. The summed E-state index contributed by atoms with van der Waals surface area (Å²) >= 11 is 2.05. The first-order chi connectivity index (χ1) is 12.0. The fourth-order valence-electron chi connectivity index (χ4n) is 4.46. The Kier molecular flexibility index (Phi) is 5.95. The van der Waals surface area contributed by atoms with Crippen molar-refractivity contribution in [2.24, 2.45) is 0 Å². The van der Waals surface area contributed by atoms with Gasteiger partial charge in [0.1, 0.15) is 0 Å². The van der Waals surface area contributed by atoms with Gasteiger partial charge in [-0.1, -0.05) is 30.5 Å². The molecule has 1 aromatic rings. The lowest BCUT2D eigenvalue weighted by molar-refractivity contribution is 0.105. The van der Waals surface area contributed by atoms with Crippen LogP contribution in [0.25, 0.3) is 0 Å². The zero-order chi connectivity index (χ0) is 17.9. The number of aryl methyl sites for hydroxylation is 3. The fourth-order valence-corrected chi connectivity index (χ4v) is 5.36. The van der Waals surface area contributed by atoms with E-state index in [1.807, 2.05) is 11.8 Å². The molecule has 25 heavy (non-hydrogen) atoms. The third kappa shape index (κ3) is 4.32. The summed E-state index contributed by atoms with van der Waals surface area (Å²) in [5.74, 6) is 2.44. The molecule has 0 radical (unpaired) electrons. The number of nitrogens with zero attached hydrogens (tertiary/aromatic N) is 1. The SMILES string of the molecule is Cc1cc(C)c(NC(=O)NCC2(N3CCSCC3)CCCC2)c(C)c1. The Balaban J connectivity index is 1.62. The molecule has 1 aromatic carbocycles. The number of anilines is 1. The number of amides is 2. The van der Waals surface area contributed by atoms with Crippen molar-refractivity contribution in [1.29, 1.82) is 0 Å². The number of hydrogen-bond donors (Lipinski definition) is 2. The third-order valence-electron chi connectivity index (χ3n) is 5.71. The van der Waals surface area contributed by atoms with E-state index in [2.05, 4.69) is 48.4 Å². The summed E-state index contributed by atoms with van der Waals surface area (Å²) in [6, 6.07) is 4.16. The van der Waals surface area contributed by atoms with Crippen LogP contribution in [0.3, 0.4) is 0 Å². The van der Waals surface area contributed by atoms with Crippen LogP contribution in [-0.4, -0.2) is 47.6 Å². The lowest BCUT2D eigenvalue weighted by Gasteiger charge is -2.43. The number of carbonyl (C=O) groups excluding carboxylic acids is 1. The summed E-state index contributed by atoms with van der Waals surface area (Å²) in [5.41, 5.74) is 4.59. The van der Waals surface area contributed by atoms with Gasteiger partial charge in [0.05, 0.1) is 0 Å². The van der Waals surface area contributed by atoms with Gasteiger partial charge in [-0.15, -0.1) is 0 Å². The van der Waals surface area contributed by atoms with E-state index < -0.39 is 0 Å². The molecule has 0 aromatic heterocycles. The van der Waals surface area contributed by atoms with Crippen molar-refractivity contribution in [3.63, 3.8) is 0 Å². The second-order valence-electron chi connectivity index (χ2n) is 7.61. The summed E-state index contributed by atoms with van der Waals surface area (Å²) in [4.78, 5) is 15.2. The summed E-state index contributed by atoms with van der Waals surface area (Å²) in [7, 11) is 0. The molecule has 0 bridgehead atoms. The Morgan fingerprint density at radius 3 is 2.32 bits per heavy atom. The molecule has 0 spiro atoms. The third-order valence-corrected chi connectivity index (χ3v) is 6.65. The Morgan fingerprint density at radius 2 is 1.72 bits per heavy atom. The number of rotatable bonds is 4. The van der Waals surface area contributed by atoms with Gasteiger partial charge in [-0.25, -0.2) is 4.79 Å². The summed E-state index contributed by atoms with van der Waals surface area (Å²) in [6.45, 7) is 9.27. The molecule has 2 N–H and O–H groups in total. The fraction of sp³-hybridized carbons (Fsp3) is 0.650. The van der Waals surface area contributed by atoms with Crippen molar-refractivity contribution >= 4 is 23.5 Å². The van der Waals surface area contributed by atoms with Gasteiger partial charge in [0.2, 0.25) is 0 Å². The molecule has 4 nitrogen and oxygen atoms in total. The minimum atomic E-state index is -0.0762. The zero-order valence-corrected chi connectivity index (χ0v) is 16.6. The number of carbonyl (C=O) groups is 1. The maximum Gasteiger partial charge on any atom is 0.319 e.